The van der Waals surface area contributed by atoms with Crippen molar-refractivity contribution in [1.29, 1.82) is 0 Å². The summed E-state index contributed by atoms with van der Waals surface area (Å²) in [5.41, 5.74) is -0.517. The molecule has 4 aliphatic heterocycles. The van der Waals surface area contributed by atoms with Gasteiger partial charge in [-0.15, -0.1) is 0 Å². The van der Waals surface area contributed by atoms with Crippen LogP contribution < -0.4 is 30.5 Å². The number of imide groups is 2. The van der Waals surface area contributed by atoms with Crippen molar-refractivity contribution in [3.63, 3.8) is 0 Å². The Morgan fingerprint density at radius 2 is 1.57 bits per heavy atom. The zero-order valence-corrected chi connectivity index (χ0v) is 43.7. The predicted molar refractivity (Wildman–Crippen MR) is 274 cm³/mol. The van der Waals surface area contributed by atoms with Crippen LogP contribution in [0.1, 0.15) is 84.1 Å². The molecule has 1 saturated carbocycles. The molecule has 21 nitrogen and oxygen atoms in total. The average molecular weight is 1130 g/mol. The lowest BCUT2D eigenvalue weighted by Gasteiger charge is -2.37. The number of anilines is 3. The largest absolute Gasteiger partial charge is 0.459 e. The van der Waals surface area contributed by atoms with Crippen molar-refractivity contribution in [1.82, 2.24) is 50.3 Å². The van der Waals surface area contributed by atoms with Crippen LogP contribution in [0.25, 0.3) is 22.5 Å². The summed E-state index contributed by atoms with van der Waals surface area (Å²) in [6, 6.07) is 4.14. The first-order valence-corrected chi connectivity index (χ1v) is 27.7. The van der Waals surface area contributed by atoms with E-state index in [9.17, 15) is 54.3 Å². The number of amides is 6. The van der Waals surface area contributed by atoms with Crippen molar-refractivity contribution in [2.45, 2.75) is 99.5 Å². The third kappa shape index (κ3) is 12.1. The minimum atomic E-state index is -4.87. The number of urea groups is 1. The summed E-state index contributed by atoms with van der Waals surface area (Å²) in [5, 5.41) is 7.48. The second kappa shape index (κ2) is 22.7. The number of aromatic nitrogens is 6. The molecule has 0 radical (unpaired) electrons. The molecule has 28 heteroatoms. The van der Waals surface area contributed by atoms with Gasteiger partial charge in [0.1, 0.15) is 23.5 Å². The highest BCUT2D eigenvalue weighted by atomic mass is 32.2. The SMILES string of the molecule is CS(=O)(=O)c1cncc(-c2nc(NC3CCC(N(C(=O)NCC(F)F)c4ccc(-c5cnc(O[C@@H]6CCN(CC7CCN(c8cc9c(cc8F)C(=O)N([C@@H]8CCC(=O)NC8=O)C9=O)CC7)C6)nc5)nc4)CC3)ncc2C(F)(F)F)c1. The van der Waals surface area contributed by atoms with Crippen molar-refractivity contribution < 1.29 is 63.5 Å². The van der Waals surface area contributed by atoms with E-state index >= 15 is 4.39 Å². The minimum absolute atomic E-state index is 0.00114. The zero-order chi connectivity index (χ0) is 56.6. The lowest BCUT2D eigenvalue weighted by Crippen LogP contribution is -2.54. The third-order valence-corrected chi connectivity index (χ3v) is 16.0. The summed E-state index contributed by atoms with van der Waals surface area (Å²) >= 11 is 0. The van der Waals surface area contributed by atoms with Gasteiger partial charge in [0.25, 0.3) is 18.2 Å². The molecular weight excluding hydrogens is 1080 g/mol. The van der Waals surface area contributed by atoms with Crippen molar-refractivity contribution in [2.75, 3.05) is 60.6 Å². The molecule has 3 N–H and O–H groups in total. The van der Waals surface area contributed by atoms with E-state index in [1.807, 2.05) is 4.90 Å². The number of carbonyl (C=O) groups excluding carboxylic acids is 5. The molecule has 0 spiro atoms. The number of ether oxygens (including phenoxy) is 1. The van der Waals surface area contributed by atoms with E-state index in [1.165, 1.54) is 17.2 Å². The summed E-state index contributed by atoms with van der Waals surface area (Å²) in [7, 11) is -3.81. The molecular formula is C52H53F6N13O8S. The van der Waals surface area contributed by atoms with Gasteiger partial charge in [0.2, 0.25) is 17.8 Å². The van der Waals surface area contributed by atoms with E-state index in [0.29, 0.717) is 74.4 Å². The highest BCUT2D eigenvalue weighted by Crippen LogP contribution is 2.38. The van der Waals surface area contributed by atoms with Gasteiger partial charge in [-0.25, -0.2) is 46.3 Å². The van der Waals surface area contributed by atoms with E-state index in [4.69, 9.17) is 4.74 Å². The zero-order valence-electron chi connectivity index (χ0n) is 42.8. The first-order valence-electron chi connectivity index (χ1n) is 25.9. The Bertz CT molecular complexity index is 3310. The van der Waals surface area contributed by atoms with E-state index in [0.717, 1.165) is 68.0 Å². The number of hydrogen-bond acceptors (Lipinski definition) is 17. The number of rotatable bonds is 15. The average Bonchev–Trinajstić information content (AvgIpc) is 3.97. The van der Waals surface area contributed by atoms with Crippen LogP contribution in [0.4, 0.5) is 48.5 Å². The molecule has 5 aliphatic rings. The lowest BCUT2D eigenvalue weighted by molar-refractivity contribution is -0.138. The van der Waals surface area contributed by atoms with E-state index in [1.54, 1.807) is 24.5 Å². The molecule has 2 atom stereocenters. The quantitative estimate of drug-likeness (QED) is 0.0811. The molecule has 1 aliphatic carbocycles. The Morgan fingerprint density at radius 1 is 0.850 bits per heavy atom. The number of halogens is 6. The normalized spacial score (nSPS) is 21.2. The molecule has 5 aromatic rings. The van der Waals surface area contributed by atoms with Crippen LogP contribution in [-0.2, 0) is 25.6 Å². The molecule has 6 amide bonds. The molecule has 0 bridgehead atoms. The molecule has 3 saturated heterocycles. The van der Waals surface area contributed by atoms with Gasteiger partial charge in [0.05, 0.1) is 51.5 Å². The van der Waals surface area contributed by atoms with Gasteiger partial charge in [-0.05, 0) is 87.6 Å². The third-order valence-electron chi connectivity index (χ3n) is 15.0. The Labute approximate surface area is 453 Å². The van der Waals surface area contributed by atoms with Crippen molar-refractivity contribution >= 4 is 56.8 Å². The van der Waals surface area contributed by atoms with Gasteiger partial charge < -0.3 is 20.3 Å². The predicted octanol–water partition coefficient (Wildman–Crippen LogP) is 5.93. The minimum Gasteiger partial charge on any atom is -0.459 e. The van der Waals surface area contributed by atoms with Gasteiger partial charge in [0.15, 0.2) is 9.84 Å². The maximum Gasteiger partial charge on any atom is 0.419 e. The van der Waals surface area contributed by atoms with E-state index < -0.39 is 87.8 Å². The number of nitrogens with zero attached hydrogens (tertiary/aromatic N) is 10. The smallest absolute Gasteiger partial charge is 0.419 e. The number of pyridine rings is 2. The van der Waals surface area contributed by atoms with E-state index in [2.05, 4.69) is 50.8 Å². The number of carbonyl (C=O) groups is 5. The fraction of sp³-hybridized carbons (Fsp3) is 0.442. The Hall–Kier alpha value is -7.88. The number of hydrogen-bond donors (Lipinski definition) is 3. The number of nitrogens with one attached hydrogen (secondary N) is 3. The van der Waals surface area contributed by atoms with Crippen LogP contribution in [0.5, 0.6) is 6.01 Å². The van der Waals surface area contributed by atoms with Crippen LogP contribution in [-0.4, -0.2) is 154 Å². The van der Waals surface area contributed by atoms with Gasteiger partial charge in [-0.3, -0.25) is 49.2 Å². The molecule has 4 fully saturated rings. The van der Waals surface area contributed by atoms with Crippen LogP contribution in [0, 0.1) is 11.7 Å². The fourth-order valence-electron chi connectivity index (χ4n) is 10.9. The second-order valence-electron chi connectivity index (χ2n) is 20.4. The molecule has 10 rings (SSSR count). The maximum atomic E-state index is 15.5. The lowest BCUT2D eigenvalue weighted by atomic mass is 9.90. The summed E-state index contributed by atoms with van der Waals surface area (Å²) in [4.78, 5) is 95.5. The number of likely N-dealkylation sites (tertiary alicyclic amines) is 1. The highest BCUT2D eigenvalue weighted by molar-refractivity contribution is 7.90. The summed E-state index contributed by atoms with van der Waals surface area (Å²) < 4.78 is 115. The molecule has 80 heavy (non-hydrogen) atoms. The first-order chi connectivity index (χ1) is 38.2. The molecule has 8 heterocycles. The van der Waals surface area contributed by atoms with Crippen LogP contribution in [0.2, 0.25) is 0 Å². The topological polar surface area (TPSA) is 255 Å². The maximum absolute atomic E-state index is 15.5. The van der Waals surface area contributed by atoms with Crippen molar-refractivity contribution in [3.05, 3.63) is 90.0 Å². The summed E-state index contributed by atoms with van der Waals surface area (Å²) in [6.45, 7) is 2.34. The fourth-order valence-corrected chi connectivity index (χ4v) is 11.5. The molecule has 1 aromatic carbocycles. The standard InChI is InChI=1S/C52H53F6N13O8S/c1-80(77,78)35-16-29(19-59-23-35)45-38(52(56,57)58)24-61-49(67-45)65-31-2-4-32(5-3-31)70(51(76)64-25-43(54)55)33-6-7-40(60-22-33)30-20-62-50(63-21-30)79-34-12-13-68(27-34)26-28-10-14-69(15-11-28)42-18-37-36(17-39(42)53)47(74)71(48(37)75)41-8-9-44(72)66-46(41)73/h6-7,16-24,28,31-32,34,41,43H,2-5,8-15,25-27H2,1H3,(H,64,76)(H,61,65,67)(H,66,72,73)/t31?,32?,34-,41-/m1/s1. The van der Waals surface area contributed by atoms with Gasteiger partial charge >= 0.3 is 18.2 Å². The van der Waals surface area contributed by atoms with Gasteiger partial charge in [0, 0.05) is 99.6 Å². The monoisotopic (exact) mass is 1130 g/mol. The Balaban J connectivity index is 0.714. The molecule has 4 aromatic heterocycles. The van der Waals surface area contributed by atoms with Crippen molar-refractivity contribution in [3.8, 4) is 28.5 Å². The second-order valence-corrected chi connectivity index (χ2v) is 22.4. The van der Waals surface area contributed by atoms with Crippen LogP contribution in [0.3, 0.4) is 0 Å². The first kappa shape index (κ1) is 55.4. The van der Waals surface area contributed by atoms with Gasteiger partial charge in [-0.2, -0.15) is 13.2 Å². The number of piperidine rings is 2. The van der Waals surface area contributed by atoms with E-state index in [-0.39, 0.29) is 64.2 Å². The Morgan fingerprint density at radius 3 is 2.24 bits per heavy atom. The number of alkyl halides is 5. The van der Waals surface area contributed by atoms with Crippen molar-refractivity contribution in [2.24, 2.45) is 5.92 Å². The molecule has 422 valence electrons. The summed E-state index contributed by atoms with van der Waals surface area (Å²) in [6.07, 6.45) is 3.90. The Kier molecular flexibility index (Phi) is 15.7. The number of fused-ring (bicyclic) bond motifs is 1. The number of benzene rings is 1. The number of sulfone groups is 1. The molecule has 0 unspecified atom stereocenters. The van der Waals surface area contributed by atoms with Crippen LogP contribution >= 0.6 is 0 Å². The summed E-state index contributed by atoms with van der Waals surface area (Å²) in [5.74, 6) is -3.17. The highest BCUT2D eigenvalue weighted by Gasteiger charge is 2.46. The van der Waals surface area contributed by atoms with Gasteiger partial charge in [-0.1, -0.05) is 0 Å². The van der Waals surface area contributed by atoms with Crippen LogP contribution in [0.15, 0.2) is 72.4 Å².